The van der Waals surface area contributed by atoms with E-state index in [1.54, 1.807) is 12.1 Å². The van der Waals surface area contributed by atoms with E-state index in [1.807, 2.05) is 12.1 Å². The molecule has 2 atom stereocenters. The summed E-state index contributed by atoms with van der Waals surface area (Å²) in [7, 11) is 0. The number of hydrogen-bond acceptors (Lipinski definition) is 2. The Labute approximate surface area is 100.0 Å². The van der Waals surface area contributed by atoms with E-state index in [0.29, 0.717) is 5.02 Å². The van der Waals surface area contributed by atoms with Crippen molar-refractivity contribution in [3.63, 3.8) is 0 Å². The molecule has 0 aliphatic heterocycles. The third kappa shape index (κ3) is 2.74. The molecule has 1 aromatic rings. The first-order valence-electron chi connectivity index (χ1n) is 5.47. The van der Waals surface area contributed by atoms with E-state index in [2.05, 4.69) is 5.32 Å². The number of benzene rings is 1. The molecule has 16 heavy (non-hydrogen) atoms. The number of nitrogens with two attached hydrogens (primary N) is 1. The zero-order chi connectivity index (χ0) is 11.5. The number of anilines is 1. The van der Waals surface area contributed by atoms with E-state index in [1.165, 1.54) is 0 Å². The molecule has 0 radical (unpaired) electrons. The van der Waals surface area contributed by atoms with Gasteiger partial charge in [-0.2, -0.15) is 0 Å². The van der Waals surface area contributed by atoms with E-state index in [0.717, 1.165) is 24.9 Å². The van der Waals surface area contributed by atoms with Crippen LogP contribution in [0.1, 0.15) is 19.3 Å². The lowest BCUT2D eigenvalue weighted by Gasteiger charge is -2.10. The minimum Gasteiger partial charge on any atom is -0.328 e. The Morgan fingerprint density at radius 3 is 2.88 bits per heavy atom. The molecule has 1 fully saturated rings. The number of hydrogen-bond donors (Lipinski definition) is 2. The number of halogens is 1. The van der Waals surface area contributed by atoms with E-state index in [4.69, 9.17) is 17.3 Å². The van der Waals surface area contributed by atoms with Crippen LogP contribution in [0.3, 0.4) is 0 Å². The lowest BCUT2D eigenvalue weighted by Crippen LogP contribution is -2.23. The highest BCUT2D eigenvalue weighted by Gasteiger charge is 2.27. The zero-order valence-corrected chi connectivity index (χ0v) is 9.70. The average molecular weight is 239 g/mol. The maximum atomic E-state index is 11.9. The quantitative estimate of drug-likeness (QED) is 0.831. The van der Waals surface area contributed by atoms with Crippen LogP contribution < -0.4 is 11.1 Å². The summed E-state index contributed by atoms with van der Waals surface area (Å²) in [6.45, 7) is 0. The first-order chi connectivity index (χ1) is 7.65. The molecular formula is C12H15ClN2O. The van der Waals surface area contributed by atoms with Crippen molar-refractivity contribution in [1.82, 2.24) is 0 Å². The summed E-state index contributed by atoms with van der Waals surface area (Å²) in [6, 6.07) is 7.35. The van der Waals surface area contributed by atoms with Crippen LogP contribution in [0.25, 0.3) is 0 Å². The molecule has 0 spiro atoms. The fourth-order valence-electron chi connectivity index (χ4n) is 2.07. The number of amides is 1. The standard InChI is InChI=1S/C12H15ClN2O/c13-9-2-1-3-11(7-9)15-12(16)8-4-5-10(14)6-8/h1-3,7-8,10H,4-6,14H2,(H,15,16). The van der Waals surface area contributed by atoms with Crippen molar-refractivity contribution < 1.29 is 4.79 Å². The highest BCUT2D eigenvalue weighted by molar-refractivity contribution is 6.30. The van der Waals surface area contributed by atoms with Crippen LogP contribution in [0, 0.1) is 5.92 Å². The molecular weight excluding hydrogens is 224 g/mol. The van der Waals surface area contributed by atoms with Gasteiger partial charge in [0, 0.05) is 22.7 Å². The van der Waals surface area contributed by atoms with Gasteiger partial charge in [-0.15, -0.1) is 0 Å². The van der Waals surface area contributed by atoms with Crippen molar-refractivity contribution in [2.75, 3.05) is 5.32 Å². The smallest absolute Gasteiger partial charge is 0.227 e. The largest absolute Gasteiger partial charge is 0.328 e. The minimum absolute atomic E-state index is 0.0500. The molecule has 0 bridgehead atoms. The van der Waals surface area contributed by atoms with Gasteiger partial charge in [0.25, 0.3) is 0 Å². The van der Waals surface area contributed by atoms with Crippen LogP contribution in [-0.4, -0.2) is 11.9 Å². The summed E-state index contributed by atoms with van der Waals surface area (Å²) in [5.74, 6) is 0.101. The van der Waals surface area contributed by atoms with E-state index < -0.39 is 0 Å². The van der Waals surface area contributed by atoms with Crippen molar-refractivity contribution >= 4 is 23.2 Å². The molecule has 2 unspecified atom stereocenters. The predicted octanol–water partition coefficient (Wildman–Crippen LogP) is 2.41. The number of rotatable bonds is 2. The Bertz CT molecular complexity index is 394. The predicted molar refractivity (Wildman–Crippen MR) is 65.4 cm³/mol. The summed E-state index contributed by atoms with van der Waals surface area (Å²) in [5, 5.41) is 3.49. The van der Waals surface area contributed by atoms with Gasteiger partial charge in [-0.25, -0.2) is 0 Å². The molecule has 1 saturated carbocycles. The number of carbonyl (C=O) groups excluding carboxylic acids is 1. The van der Waals surface area contributed by atoms with E-state index in [-0.39, 0.29) is 17.9 Å². The SMILES string of the molecule is NC1CCC(C(=O)Nc2cccc(Cl)c2)C1. The Balaban J connectivity index is 1.97. The molecule has 0 saturated heterocycles. The third-order valence-electron chi connectivity index (χ3n) is 2.94. The Kier molecular flexibility index (Phi) is 3.46. The molecule has 3 N–H and O–H groups in total. The lowest BCUT2D eigenvalue weighted by molar-refractivity contribution is -0.119. The van der Waals surface area contributed by atoms with Crippen molar-refractivity contribution in [2.45, 2.75) is 25.3 Å². The monoisotopic (exact) mass is 238 g/mol. The molecule has 86 valence electrons. The molecule has 4 heteroatoms. The van der Waals surface area contributed by atoms with E-state index >= 15 is 0 Å². The Morgan fingerprint density at radius 2 is 2.25 bits per heavy atom. The van der Waals surface area contributed by atoms with Crippen LogP contribution in [0.2, 0.25) is 5.02 Å². The van der Waals surface area contributed by atoms with Gasteiger partial charge in [0.1, 0.15) is 0 Å². The molecule has 0 aromatic heterocycles. The zero-order valence-electron chi connectivity index (χ0n) is 8.95. The van der Waals surface area contributed by atoms with Gasteiger partial charge < -0.3 is 11.1 Å². The van der Waals surface area contributed by atoms with Crippen molar-refractivity contribution in [2.24, 2.45) is 11.7 Å². The highest BCUT2D eigenvalue weighted by Crippen LogP contribution is 2.25. The van der Waals surface area contributed by atoms with Crippen LogP contribution in [0.5, 0.6) is 0 Å². The first-order valence-corrected chi connectivity index (χ1v) is 5.85. The van der Waals surface area contributed by atoms with Crippen LogP contribution >= 0.6 is 11.6 Å². The maximum absolute atomic E-state index is 11.9. The average Bonchev–Trinajstić information content (AvgIpc) is 2.65. The van der Waals surface area contributed by atoms with E-state index in [9.17, 15) is 4.79 Å². The second kappa shape index (κ2) is 4.85. The molecule has 1 aliphatic carbocycles. The second-order valence-corrected chi connectivity index (χ2v) is 4.71. The van der Waals surface area contributed by atoms with Gasteiger partial charge in [0.05, 0.1) is 0 Å². The minimum atomic E-state index is 0.0500. The summed E-state index contributed by atoms with van der Waals surface area (Å²) in [4.78, 5) is 11.9. The van der Waals surface area contributed by atoms with Gasteiger partial charge in [0.15, 0.2) is 0 Å². The van der Waals surface area contributed by atoms with Crippen LogP contribution in [-0.2, 0) is 4.79 Å². The highest BCUT2D eigenvalue weighted by atomic mass is 35.5. The summed E-state index contributed by atoms with van der Waals surface area (Å²) >= 11 is 5.84. The van der Waals surface area contributed by atoms with Crippen LogP contribution in [0.15, 0.2) is 24.3 Å². The number of nitrogens with one attached hydrogen (secondary N) is 1. The van der Waals surface area contributed by atoms with Gasteiger partial charge >= 0.3 is 0 Å². The number of carbonyl (C=O) groups is 1. The Hall–Kier alpha value is -1.06. The van der Waals surface area contributed by atoms with Crippen molar-refractivity contribution in [3.05, 3.63) is 29.3 Å². The molecule has 1 aromatic carbocycles. The van der Waals surface area contributed by atoms with Crippen molar-refractivity contribution in [3.8, 4) is 0 Å². The second-order valence-electron chi connectivity index (χ2n) is 4.27. The topological polar surface area (TPSA) is 55.1 Å². The van der Waals surface area contributed by atoms with Gasteiger partial charge in [-0.1, -0.05) is 17.7 Å². The summed E-state index contributed by atoms with van der Waals surface area (Å²) in [6.07, 6.45) is 2.60. The summed E-state index contributed by atoms with van der Waals surface area (Å²) in [5.41, 5.74) is 6.53. The first kappa shape index (κ1) is 11.4. The fraction of sp³-hybridized carbons (Fsp3) is 0.417. The third-order valence-corrected chi connectivity index (χ3v) is 3.17. The molecule has 1 aliphatic rings. The molecule has 1 amide bonds. The normalized spacial score (nSPS) is 24.4. The maximum Gasteiger partial charge on any atom is 0.227 e. The lowest BCUT2D eigenvalue weighted by atomic mass is 10.1. The van der Waals surface area contributed by atoms with Gasteiger partial charge in [-0.05, 0) is 37.5 Å². The Morgan fingerprint density at radius 1 is 1.44 bits per heavy atom. The molecule has 0 heterocycles. The van der Waals surface area contributed by atoms with Crippen molar-refractivity contribution in [1.29, 1.82) is 0 Å². The molecule has 2 rings (SSSR count). The molecule has 3 nitrogen and oxygen atoms in total. The fourth-order valence-corrected chi connectivity index (χ4v) is 2.26. The van der Waals surface area contributed by atoms with Gasteiger partial charge in [-0.3, -0.25) is 4.79 Å². The summed E-state index contributed by atoms with van der Waals surface area (Å²) < 4.78 is 0. The van der Waals surface area contributed by atoms with Gasteiger partial charge in [0.2, 0.25) is 5.91 Å². The van der Waals surface area contributed by atoms with Crippen LogP contribution in [0.4, 0.5) is 5.69 Å².